The van der Waals surface area contributed by atoms with Crippen LogP contribution in [0.25, 0.3) is 0 Å². The first-order chi connectivity index (χ1) is 10.2. The molecule has 0 radical (unpaired) electrons. The fourth-order valence-corrected chi connectivity index (χ4v) is 3.01. The van der Waals surface area contributed by atoms with Crippen molar-refractivity contribution in [3.05, 3.63) is 34.8 Å². The molecule has 2 aromatic rings. The number of aryl methyl sites for hydroxylation is 2. The van der Waals surface area contributed by atoms with Gasteiger partial charge in [0.1, 0.15) is 10.8 Å². The van der Waals surface area contributed by atoms with Gasteiger partial charge in [0.25, 0.3) is 5.91 Å². The van der Waals surface area contributed by atoms with E-state index in [1.54, 1.807) is 0 Å². The van der Waals surface area contributed by atoms with Gasteiger partial charge in [-0.3, -0.25) is 10.1 Å². The molecule has 0 saturated heterocycles. The monoisotopic (exact) mass is 369 g/mol. The van der Waals surface area contributed by atoms with E-state index in [2.05, 4.69) is 38.4 Å². The molecule has 0 unspecified atom stereocenters. The third kappa shape index (κ3) is 5.09. The van der Waals surface area contributed by atoms with E-state index in [0.717, 1.165) is 23.2 Å². The van der Waals surface area contributed by atoms with E-state index in [1.165, 1.54) is 16.9 Å². The van der Waals surface area contributed by atoms with Gasteiger partial charge in [0, 0.05) is 11.8 Å². The van der Waals surface area contributed by atoms with Crippen LogP contribution in [0.15, 0.2) is 24.3 Å². The Kier molecular flexibility index (Phi) is 6.13. The summed E-state index contributed by atoms with van der Waals surface area (Å²) in [5, 5.41) is 12.8. The molecule has 0 fully saturated rings. The maximum absolute atomic E-state index is 11.8. The van der Waals surface area contributed by atoms with Crippen molar-refractivity contribution in [2.45, 2.75) is 19.8 Å². The van der Waals surface area contributed by atoms with Gasteiger partial charge in [-0.1, -0.05) is 46.3 Å². The van der Waals surface area contributed by atoms with Crippen molar-refractivity contribution in [2.24, 2.45) is 0 Å². The van der Waals surface area contributed by atoms with Gasteiger partial charge in [0.05, 0.1) is 0 Å². The van der Waals surface area contributed by atoms with Crippen molar-refractivity contribution in [2.75, 3.05) is 17.3 Å². The Morgan fingerprint density at radius 2 is 2.10 bits per heavy atom. The van der Waals surface area contributed by atoms with E-state index in [4.69, 9.17) is 4.74 Å². The SMILES string of the molecule is CCc1ccc(OCC(=O)Nc2nnc(CCBr)s2)cc1. The van der Waals surface area contributed by atoms with Crippen LogP contribution in [-0.2, 0) is 17.6 Å². The Bertz CT molecular complexity index is 586. The van der Waals surface area contributed by atoms with Gasteiger partial charge in [-0.15, -0.1) is 10.2 Å². The smallest absolute Gasteiger partial charge is 0.264 e. The molecule has 1 amide bonds. The molecule has 0 aliphatic carbocycles. The first kappa shape index (κ1) is 15.9. The largest absolute Gasteiger partial charge is 0.484 e. The highest BCUT2D eigenvalue weighted by Crippen LogP contribution is 2.16. The lowest BCUT2D eigenvalue weighted by Crippen LogP contribution is -2.20. The first-order valence-electron chi connectivity index (χ1n) is 6.61. The van der Waals surface area contributed by atoms with Crippen molar-refractivity contribution in [1.82, 2.24) is 10.2 Å². The van der Waals surface area contributed by atoms with Gasteiger partial charge in [-0.25, -0.2) is 0 Å². The third-order valence-corrected chi connectivity index (χ3v) is 4.02. The van der Waals surface area contributed by atoms with E-state index >= 15 is 0 Å². The summed E-state index contributed by atoms with van der Waals surface area (Å²) in [6.45, 7) is 2.05. The van der Waals surface area contributed by atoms with Gasteiger partial charge in [0.2, 0.25) is 5.13 Å². The third-order valence-electron chi connectivity index (χ3n) is 2.72. The van der Waals surface area contributed by atoms with E-state index in [1.807, 2.05) is 24.3 Å². The Morgan fingerprint density at radius 3 is 2.76 bits per heavy atom. The summed E-state index contributed by atoms with van der Waals surface area (Å²) in [6, 6.07) is 7.71. The molecule has 1 N–H and O–H groups in total. The highest BCUT2D eigenvalue weighted by atomic mass is 79.9. The molecule has 0 bridgehead atoms. The molecule has 0 aliphatic heterocycles. The van der Waals surface area contributed by atoms with Crippen LogP contribution in [0.5, 0.6) is 5.75 Å². The molecule has 2 rings (SSSR count). The minimum Gasteiger partial charge on any atom is -0.484 e. The Morgan fingerprint density at radius 1 is 1.33 bits per heavy atom. The molecule has 112 valence electrons. The van der Waals surface area contributed by atoms with Crippen LogP contribution >= 0.6 is 27.3 Å². The zero-order valence-electron chi connectivity index (χ0n) is 11.6. The van der Waals surface area contributed by atoms with Crippen molar-refractivity contribution in [1.29, 1.82) is 0 Å². The van der Waals surface area contributed by atoms with Crippen LogP contribution in [0.2, 0.25) is 0 Å². The molecule has 0 aliphatic rings. The van der Waals surface area contributed by atoms with Crippen LogP contribution in [0.1, 0.15) is 17.5 Å². The molecule has 0 saturated carbocycles. The highest BCUT2D eigenvalue weighted by molar-refractivity contribution is 9.09. The lowest BCUT2D eigenvalue weighted by atomic mass is 10.2. The zero-order chi connectivity index (χ0) is 15.1. The number of nitrogens with zero attached hydrogens (tertiary/aromatic N) is 2. The minimum absolute atomic E-state index is 0.0428. The lowest BCUT2D eigenvalue weighted by Gasteiger charge is -2.06. The lowest BCUT2D eigenvalue weighted by molar-refractivity contribution is -0.118. The fourth-order valence-electron chi connectivity index (χ4n) is 1.61. The van der Waals surface area contributed by atoms with E-state index in [-0.39, 0.29) is 12.5 Å². The highest BCUT2D eigenvalue weighted by Gasteiger charge is 2.08. The number of hydrogen-bond donors (Lipinski definition) is 1. The predicted molar refractivity (Wildman–Crippen MR) is 87.4 cm³/mol. The van der Waals surface area contributed by atoms with Gasteiger partial charge in [0.15, 0.2) is 6.61 Å². The molecule has 1 aromatic carbocycles. The normalized spacial score (nSPS) is 10.4. The Labute approximate surface area is 135 Å². The van der Waals surface area contributed by atoms with Gasteiger partial charge in [-0.2, -0.15) is 0 Å². The quantitative estimate of drug-likeness (QED) is 0.761. The summed E-state index contributed by atoms with van der Waals surface area (Å²) in [5.41, 5.74) is 1.24. The van der Waals surface area contributed by atoms with E-state index in [9.17, 15) is 4.79 Å². The van der Waals surface area contributed by atoms with E-state index in [0.29, 0.717) is 10.9 Å². The van der Waals surface area contributed by atoms with Gasteiger partial charge >= 0.3 is 0 Å². The average molecular weight is 370 g/mol. The topological polar surface area (TPSA) is 64.1 Å². The molecule has 5 nitrogen and oxygen atoms in total. The fraction of sp³-hybridized carbons (Fsp3) is 0.357. The maximum atomic E-state index is 11.8. The molecule has 0 spiro atoms. The minimum atomic E-state index is -0.240. The van der Waals surface area contributed by atoms with Crippen molar-refractivity contribution in [3.8, 4) is 5.75 Å². The predicted octanol–water partition coefficient (Wildman–Crippen LogP) is 3.06. The maximum Gasteiger partial charge on any atom is 0.264 e. The van der Waals surface area contributed by atoms with Crippen LogP contribution in [0.3, 0.4) is 0 Å². The van der Waals surface area contributed by atoms with Gasteiger partial charge in [-0.05, 0) is 24.1 Å². The Hall–Kier alpha value is -1.47. The van der Waals surface area contributed by atoms with E-state index < -0.39 is 0 Å². The number of rotatable bonds is 7. The molecular formula is C14H16BrN3O2S. The molecule has 0 atom stereocenters. The van der Waals surface area contributed by atoms with Crippen molar-refractivity contribution >= 4 is 38.3 Å². The van der Waals surface area contributed by atoms with Crippen LogP contribution < -0.4 is 10.1 Å². The zero-order valence-corrected chi connectivity index (χ0v) is 14.0. The number of aromatic nitrogens is 2. The molecule has 1 heterocycles. The van der Waals surface area contributed by atoms with Crippen molar-refractivity contribution < 1.29 is 9.53 Å². The first-order valence-corrected chi connectivity index (χ1v) is 8.55. The summed E-state index contributed by atoms with van der Waals surface area (Å²) < 4.78 is 5.43. The molecule has 21 heavy (non-hydrogen) atoms. The van der Waals surface area contributed by atoms with Crippen LogP contribution in [0.4, 0.5) is 5.13 Å². The second kappa shape index (κ2) is 8.09. The standard InChI is InChI=1S/C14H16BrN3O2S/c1-2-10-3-5-11(6-4-10)20-9-12(19)16-14-18-17-13(21-14)7-8-15/h3-6H,2,7-9H2,1H3,(H,16,18,19). The number of carbonyl (C=O) groups is 1. The summed E-state index contributed by atoms with van der Waals surface area (Å²) in [5.74, 6) is 0.440. The summed E-state index contributed by atoms with van der Waals surface area (Å²) in [4.78, 5) is 11.8. The number of anilines is 1. The number of ether oxygens (including phenoxy) is 1. The summed E-state index contributed by atoms with van der Waals surface area (Å²) >= 11 is 4.71. The summed E-state index contributed by atoms with van der Waals surface area (Å²) in [7, 11) is 0. The number of nitrogens with one attached hydrogen (secondary N) is 1. The molecule has 1 aromatic heterocycles. The second-order valence-electron chi connectivity index (χ2n) is 4.27. The second-order valence-corrected chi connectivity index (χ2v) is 6.13. The van der Waals surface area contributed by atoms with Crippen LogP contribution in [0, 0.1) is 0 Å². The van der Waals surface area contributed by atoms with Gasteiger partial charge < -0.3 is 4.74 Å². The van der Waals surface area contributed by atoms with Crippen LogP contribution in [-0.4, -0.2) is 28.0 Å². The number of halogens is 1. The number of hydrogen-bond acceptors (Lipinski definition) is 5. The number of alkyl halides is 1. The average Bonchev–Trinajstić information content (AvgIpc) is 2.93. The number of carbonyl (C=O) groups excluding carboxylic acids is 1. The molecular weight excluding hydrogens is 354 g/mol. The summed E-state index contributed by atoms with van der Waals surface area (Å²) in [6.07, 6.45) is 1.78. The molecule has 7 heteroatoms. The van der Waals surface area contributed by atoms with Crippen molar-refractivity contribution in [3.63, 3.8) is 0 Å². The Balaban J connectivity index is 1.80. The number of amides is 1. The number of benzene rings is 1.